The number of carbonyl (C=O) groups excluding carboxylic acids is 2. The van der Waals surface area contributed by atoms with Crippen molar-refractivity contribution in [2.75, 3.05) is 31.5 Å². The predicted molar refractivity (Wildman–Crippen MR) is 114 cm³/mol. The van der Waals surface area contributed by atoms with Crippen molar-refractivity contribution in [3.8, 4) is 5.75 Å². The molecule has 1 aromatic carbocycles. The van der Waals surface area contributed by atoms with Crippen molar-refractivity contribution in [1.29, 1.82) is 0 Å². The predicted octanol–water partition coefficient (Wildman–Crippen LogP) is 2.47. The van der Waals surface area contributed by atoms with E-state index in [2.05, 4.69) is 15.6 Å². The SMILES string of the molecule is Cc1nc(NC(=O)CN2CCCC(C(=O)NCCc3ccc(O)cc3)C2)sc1C. The van der Waals surface area contributed by atoms with Crippen LogP contribution in [0.15, 0.2) is 24.3 Å². The lowest BCUT2D eigenvalue weighted by atomic mass is 9.97. The third-order valence-corrected chi connectivity index (χ3v) is 6.16. The first-order valence-electron chi connectivity index (χ1n) is 9.92. The van der Waals surface area contributed by atoms with Gasteiger partial charge in [0.2, 0.25) is 11.8 Å². The van der Waals surface area contributed by atoms with Crippen LogP contribution in [0.5, 0.6) is 5.75 Å². The molecule has 0 bridgehead atoms. The Morgan fingerprint density at radius 3 is 2.72 bits per heavy atom. The third kappa shape index (κ3) is 6.27. The molecule has 1 aliphatic rings. The number of carbonyl (C=O) groups is 2. The van der Waals surface area contributed by atoms with Gasteiger partial charge in [0.15, 0.2) is 5.13 Å². The number of aromatic nitrogens is 1. The van der Waals surface area contributed by atoms with Gasteiger partial charge in [-0.3, -0.25) is 14.5 Å². The Morgan fingerprint density at radius 1 is 1.28 bits per heavy atom. The lowest BCUT2D eigenvalue weighted by Gasteiger charge is -2.31. The van der Waals surface area contributed by atoms with Gasteiger partial charge in [0.25, 0.3) is 0 Å². The summed E-state index contributed by atoms with van der Waals surface area (Å²) in [7, 11) is 0. The highest BCUT2D eigenvalue weighted by atomic mass is 32.1. The zero-order valence-electron chi connectivity index (χ0n) is 16.9. The molecule has 1 unspecified atom stereocenters. The van der Waals surface area contributed by atoms with Crippen molar-refractivity contribution in [1.82, 2.24) is 15.2 Å². The van der Waals surface area contributed by atoms with Crippen LogP contribution in [0.4, 0.5) is 5.13 Å². The fourth-order valence-corrected chi connectivity index (χ4v) is 4.27. The minimum absolute atomic E-state index is 0.0417. The summed E-state index contributed by atoms with van der Waals surface area (Å²) >= 11 is 1.48. The summed E-state index contributed by atoms with van der Waals surface area (Å²) in [6, 6.07) is 7.01. The van der Waals surface area contributed by atoms with Crippen molar-refractivity contribution in [2.24, 2.45) is 5.92 Å². The van der Waals surface area contributed by atoms with Gasteiger partial charge < -0.3 is 15.7 Å². The maximum atomic E-state index is 12.5. The molecule has 8 heteroatoms. The van der Waals surface area contributed by atoms with E-state index in [0.29, 0.717) is 18.2 Å². The molecule has 1 saturated heterocycles. The first-order valence-corrected chi connectivity index (χ1v) is 10.7. The zero-order valence-corrected chi connectivity index (χ0v) is 17.7. The monoisotopic (exact) mass is 416 g/mol. The second-order valence-electron chi connectivity index (χ2n) is 7.49. The second kappa shape index (κ2) is 9.84. The average Bonchev–Trinajstić information content (AvgIpc) is 3.00. The highest BCUT2D eigenvalue weighted by Crippen LogP contribution is 2.21. The average molecular weight is 417 g/mol. The van der Waals surface area contributed by atoms with Crippen molar-refractivity contribution >= 4 is 28.3 Å². The number of rotatable bonds is 7. The number of likely N-dealkylation sites (tertiary alicyclic amines) is 1. The van der Waals surface area contributed by atoms with Crippen LogP contribution < -0.4 is 10.6 Å². The summed E-state index contributed by atoms with van der Waals surface area (Å²) in [5, 5.41) is 15.8. The van der Waals surface area contributed by atoms with Crippen LogP contribution in [0, 0.1) is 19.8 Å². The zero-order chi connectivity index (χ0) is 20.8. The van der Waals surface area contributed by atoms with Gasteiger partial charge in [-0.2, -0.15) is 0 Å². The molecular formula is C21H28N4O3S. The number of anilines is 1. The summed E-state index contributed by atoms with van der Waals surface area (Å²) in [5.74, 6) is 0.0946. The lowest BCUT2D eigenvalue weighted by Crippen LogP contribution is -2.45. The van der Waals surface area contributed by atoms with Crippen molar-refractivity contribution < 1.29 is 14.7 Å². The molecule has 2 amide bonds. The fraction of sp³-hybridized carbons (Fsp3) is 0.476. The maximum Gasteiger partial charge on any atom is 0.240 e. The molecule has 1 atom stereocenters. The summed E-state index contributed by atoms with van der Waals surface area (Å²) in [4.78, 5) is 32.3. The molecule has 2 heterocycles. The van der Waals surface area contributed by atoms with Gasteiger partial charge in [-0.05, 0) is 57.4 Å². The minimum Gasteiger partial charge on any atom is -0.508 e. The molecule has 1 aliphatic heterocycles. The first kappa shape index (κ1) is 21.3. The van der Waals surface area contributed by atoms with Crippen LogP contribution in [0.3, 0.4) is 0 Å². The highest BCUT2D eigenvalue weighted by molar-refractivity contribution is 7.15. The summed E-state index contributed by atoms with van der Waals surface area (Å²) in [6.45, 7) is 6.16. The summed E-state index contributed by atoms with van der Waals surface area (Å²) < 4.78 is 0. The van der Waals surface area contributed by atoms with E-state index >= 15 is 0 Å². The van der Waals surface area contributed by atoms with Crippen LogP contribution in [0.1, 0.15) is 29.0 Å². The highest BCUT2D eigenvalue weighted by Gasteiger charge is 2.26. The van der Waals surface area contributed by atoms with E-state index in [0.717, 1.165) is 41.9 Å². The molecule has 1 fully saturated rings. The van der Waals surface area contributed by atoms with Crippen LogP contribution in [-0.4, -0.2) is 53.0 Å². The van der Waals surface area contributed by atoms with Crippen LogP contribution in [-0.2, 0) is 16.0 Å². The number of hydrogen-bond donors (Lipinski definition) is 3. The van der Waals surface area contributed by atoms with Crippen molar-refractivity contribution in [3.05, 3.63) is 40.4 Å². The van der Waals surface area contributed by atoms with Gasteiger partial charge in [0.1, 0.15) is 5.75 Å². The molecule has 0 aliphatic carbocycles. The Bertz CT molecular complexity index is 831. The number of phenolic OH excluding ortho intramolecular Hbond substituents is 1. The smallest absolute Gasteiger partial charge is 0.240 e. The van der Waals surface area contributed by atoms with Gasteiger partial charge >= 0.3 is 0 Å². The number of aromatic hydroxyl groups is 1. The van der Waals surface area contributed by atoms with E-state index in [1.807, 2.05) is 30.9 Å². The lowest BCUT2D eigenvalue weighted by molar-refractivity contribution is -0.127. The molecule has 2 aromatic rings. The Morgan fingerprint density at radius 2 is 2.03 bits per heavy atom. The molecule has 29 heavy (non-hydrogen) atoms. The van der Waals surface area contributed by atoms with E-state index in [4.69, 9.17) is 0 Å². The van der Waals surface area contributed by atoms with E-state index in [-0.39, 0.29) is 30.0 Å². The normalized spacial score (nSPS) is 17.1. The van der Waals surface area contributed by atoms with E-state index in [9.17, 15) is 14.7 Å². The van der Waals surface area contributed by atoms with Gasteiger partial charge in [-0.15, -0.1) is 11.3 Å². The van der Waals surface area contributed by atoms with Gasteiger partial charge in [-0.25, -0.2) is 4.98 Å². The Kier molecular flexibility index (Phi) is 7.22. The number of phenols is 1. The Balaban J connectivity index is 1.42. The third-order valence-electron chi connectivity index (χ3n) is 5.17. The van der Waals surface area contributed by atoms with Crippen LogP contribution in [0.25, 0.3) is 0 Å². The molecule has 0 saturated carbocycles. The number of piperidine rings is 1. The molecule has 7 nitrogen and oxygen atoms in total. The second-order valence-corrected chi connectivity index (χ2v) is 8.69. The molecule has 156 valence electrons. The number of hydrogen-bond acceptors (Lipinski definition) is 6. The summed E-state index contributed by atoms with van der Waals surface area (Å²) in [6.07, 6.45) is 2.46. The van der Waals surface area contributed by atoms with Crippen LogP contribution >= 0.6 is 11.3 Å². The van der Waals surface area contributed by atoms with Crippen LogP contribution in [0.2, 0.25) is 0 Å². The minimum atomic E-state index is -0.0966. The van der Waals surface area contributed by atoms with Crippen molar-refractivity contribution in [2.45, 2.75) is 33.1 Å². The van der Waals surface area contributed by atoms with E-state index in [1.54, 1.807) is 12.1 Å². The van der Waals surface area contributed by atoms with Gasteiger partial charge in [0.05, 0.1) is 18.2 Å². The largest absolute Gasteiger partial charge is 0.508 e. The number of amides is 2. The Labute approximate surface area is 175 Å². The van der Waals surface area contributed by atoms with Gasteiger partial charge in [-0.1, -0.05) is 12.1 Å². The first-order chi connectivity index (χ1) is 13.9. The standard InChI is InChI=1S/C21H28N4O3S/c1-14-15(2)29-21(23-14)24-19(27)13-25-11-3-4-17(12-25)20(28)22-10-9-16-5-7-18(26)8-6-16/h5-8,17,26H,3-4,9-13H2,1-2H3,(H,22,28)(H,23,24,27). The molecule has 3 N–H and O–H groups in total. The topological polar surface area (TPSA) is 94.6 Å². The fourth-order valence-electron chi connectivity index (χ4n) is 3.44. The van der Waals surface area contributed by atoms with E-state index in [1.165, 1.54) is 11.3 Å². The maximum absolute atomic E-state index is 12.5. The number of thiazole rings is 1. The number of benzene rings is 1. The molecule has 0 radical (unpaired) electrons. The number of aryl methyl sites for hydroxylation is 2. The number of nitrogens with one attached hydrogen (secondary N) is 2. The molecule has 0 spiro atoms. The number of nitrogens with zero attached hydrogens (tertiary/aromatic N) is 2. The molecular weight excluding hydrogens is 388 g/mol. The van der Waals surface area contributed by atoms with E-state index < -0.39 is 0 Å². The quantitative estimate of drug-likeness (QED) is 0.645. The Hall–Kier alpha value is -2.45. The molecule has 3 rings (SSSR count). The molecule has 1 aromatic heterocycles. The van der Waals surface area contributed by atoms with Gasteiger partial charge in [0, 0.05) is 18.0 Å². The summed E-state index contributed by atoms with van der Waals surface area (Å²) in [5.41, 5.74) is 2.00. The van der Waals surface area contributed by atoms with Crippen molar-refractivity contribution in [3.63, 3.8) is 0 Å².